The lowest BCUT2D eigenvalue weighted by Gasteiger charge is -2.04. The molecule has 0 fully saturated rings. The van der Waals surface area contributed by atoms with Crippen molar-refractivity contribution in [1.29, 1.82) is 0 Å². The van der Waals surface area contributed by atoms with Gasteiger partial charge < -0.3 is 9.84 Å². The Hall–Kier alpha value is -2.66. The molecule has 0 atom stereocenters. The van der Waals surface area contributed by atoms with E-state index in [1.807, 2.05) is 30.3 Å². The molecule has 0 radical (unpaired) electrons. The number of aryl methyl sites for hydroxylation is 1. The van der Waals surface area contributed by atoms with E-state index in [0.717, 1.165) is 12.0 Å². The van der Waals surface area contributed by atoms with E-state index in [1.54, 1.807) is 12.1 Å². The molecule has 26 heavy (non-hydrogen) atoms. The van der Waals surface area contributed by atoms with Crippen molar-refractivity contribution in [3.05, 3.63) is 71.1 Å². The third-order valence-corrected chi connectivity index (χ3v) is 4.20. The zero-order chi connectivity index (χ0) is 18.2. The molecule has 1 amide bonds. The summed E-state index contributed by atoms with van der Waals surface area (Å²) >= 11 is 5.87. The van der Waals surface area contributed by atoms with Crippen LogP contribution in [0.4, 0.5) is 0 Å². The second kappa shape index (κ2) is 9.15. The molecule has 0 aliphatic rings. The Balaban J connectivity index is 1.38. The minimum Gasteiger partial charge on any atom is -0.356 e. The number of halogens is 1. The van der Waals surface area contributed by atoms with Crippen LogP contribution in [0.15, 0.2) is 59.1 Å². The van der Waals surface area contributed by atoms with E-state index in [0.29, 0.717) is 42.5 Å². The highest BCUT2D eigenvalue weighted by Crippen LogP contribution is 2.19. The molecule has 3 rings (SSSR count). The van der Waals surface area contributed by atoms with Crippen LogP contribution in [0, 0.1) is 0 Å². The van der Waals surface area contributed by atoms with Crippen LogP contribution in [-0.2, 0) is 17.6 Å². The summed E-state index contributed by atoms with van der Waals surface area (Å²) in [5, 5.41) is 7.57. The molecule has 0 saturated carbocycles. The molecule has 0 bridgehead atoms. The van der Waals surface area contributed by atoms with Crippen molar-refractivity contribution in [2.24, 2.45) is 0 Å². The smallest absolute Gasteiger partial charge is 0.226 e. The van der Waals surface area contributed by atoms with E-state index >= 15 is 0 Å². The van der Waals surface area contributed by atoms with Gasteiger partial charge in [-0.3, -0.25) is 4.79 Å². The van der Waals surface area contributed by atoms with E-state index in [4.69, 9.17) is 16.1 Å². The lowest BCUT2D eigenvalue weighted by atomic mass is 10.1. The summed E-state index contributed by atoms with van der Waals surface area (Å²) in [5.74, 6) is 1.11. The minimum absolute atomic E-state index is 0.0402. The topological polar surface area (TPSA) is 68.0 Å². The highest BCUT2D eigenvalue weighted by Gasteiger charge is 2.09. The number of carbonyl (C=O) groups excluding carboxylic acids is 1. The molecule has 0 spiro atoms. The molecule has 0 unspecified atom stereocenters. The van der Waals surface area contributed by atoms with Crippen molar-refractivity contribution in [2.75, 3.05) is 6.54 Å². The van der Waals surface area contributed by atoms with Gasteiger partial charge in [0.1, 0.15) is 0 Å². The summed E-state index contributed by atoms with van der Waals surface area (Å²) in [7, 11) is 0. The van der Waals surface area contributed by atoms with Gasteiger partial charge in [-0.05, 0) is 42.7 Å². The van der Waals surface area contributed by atoms with Crippen LogP contribution in [0.25, 0.3) is 11.4 Å². The van der Waals surface area contributed by atoms with Crippen LogP contribution in [0.3, 0.4) is 0 Å². The monoisotopic (exact) mass is 369 g/mol. The molecule has 134 valence electrons. The second-order valence-electron chi connectivity index (χ2n) is 5.96. The Morgan fingerprint density at radius 2 is 1.81 bits per heavy atom. The van der Waals surface area contributed by atoms with Crippen molar-refractivity contribution in [3.8, 4) is 11.4 Å². The van der Waals surface area contributed by atoms with Crippen molar-refractivity contribution < 1.29 is 9.32 Å². The lowest BCUT2D eigenvalue weighted by molar-refractivity contribution is -0.121. The first kappa shape index (κ1) is 18.1. The van der Waals surface area contributed by atoms with E-state index in [1.165, 1.54) is 5.56 Å². The number of hydrogen-bond acceptors (Lipinski definition) is 4. The maximum Gasteiger partial charge on any atom is 0.226 e. The third-order valence-electron chi connectivity index (χ3n) is 3.94. The Morgan fingerprint density at radius 3 is 2.58 bits per heavy atom. The van der Waals surface area contributed by atoms with Crippen LogP contribution in [0.5, 0.6) is 0 Å². The number of amides is 1. The largest absolute Gasteiger partial charge is 0.356 e. The fourth-order valence-electron chi connectivity index (χ4n) is 2.55. The molecule has 0 aliphatic carbocycles. The van der Waals surface area contributed by atoms with Gasteiger partial charge in [0.15, 0.2) is 0 Å². The van der Waals surface area contributed by atoms with E-state index in [2.05, 4.69) is 27.6 Å². The normalized spacial score (nSPS) is 10.7. The van der Waals surface area contributed by atoms with E-state index in [9.17, 15) is 4.79 Å². The second-order valence-corrected chi connectivity index (χ2v) is 6.39. The zero-order valence-electron chi connectivity index (χ0n) is 14.3. The van der Waals surface area contributed by atoms with Gasteiger partial charge in [0.25, 0.3) is 0 Å². The average Bonchev–Trinajstić information content (AvgIpc) is 3.12. The predicted octanol–water partition coefficient (Wildman–Crippen LogP) is 4.07. The fourth-order valence-corrected chi connectivity index (χ4v) is 2.68. The maximum absolute atomic E-state index is 11.9. The molecule has 5 nitrogen and oxygen atoms in total. The summed E-state index contributed by atoms with van der Waals surface area (Å²) in [4.78, 5) is 16.2. The number of nitrogens with zero attached hydrogens (tertiary/aromatic N) is 2. The number of carbonyl (C=O) groups is 1. The molecular formula is C20H20ClN3O2. The van der Waals surface area contributed by atoms with Gasteiger partial charge in [0, 0.05) is 30.0 Å². The van der Waals surface area contributed by atoms with Gasteiger partial charge in [0.05, 0.1) is 0 Å². The molecule has 3 aromatic rings. The van der Waals surface area contributed by atoms with E-state index < -0.39 is 0 Å². The summed E-state index contributed by atoms with van der Waals surface area (Å²) in [5.41, 5.74) is 2.07. The van der Waals surface area contributed by atoms with Crippen LogP contribution < -0.4 is 5.32 Å². The van der Waals surface area contributed by atoms with Crippen molar-refractivity contribution in [2.45, 2.75) is 25.7 Å². The van der Waals surface area contributed by atoms with Gasteiger partial charge in [-0.25, -0.2) is 0 Å². The molecule has 1 N–H and O–H groups in total. The Labute approximate surface area is 157 Å². The van der Waals surface area contributed by atoms with Gasteiger partial charge in [-0.15, -0.1) is 0 Å². The third kappa shape index (κ3) is 5.43. The first-order valence-corrected chi connectivity index (χ1v) is 8.97. The lowest BCUT2D eigenvalue weighted by Crippen LogP contribution is -2.25. The summed E-state index contributed by atoms with van der Waals surface area (Å²) in [6.45, 7) is 0.643. The summed E-state index contributed by atoms with van der Waals surface area (Å²) in [6, 6.07) is 17.4. The summed E-state index contributed by atoms with van der Waals surface area (Å²) in [6.07, 6.45) is 2.51. The Kier molecular flexibility index (Phi) is 6.39. The molecule has 1 heterocycles. The molecule has 1 aromatic heterocycles. The summed E-state index contributed by atoms with van der Waals surface area (Å²) < 4.78 is 5.24. The van der Waals surface area contributed by atoms with E-state index in [-0.39, 0.29) is 5.91 Å². The fraction of sp³-hybridized carbons (Fsp3) is 0.250. The van der Waals surface area contributed by atoms with Crippen LogP contribution in [0.1, 0.15) is 24.3 Å². The van der Waals surface area contributed by atoms with Gasteiger partial charge in [-0.1, -0.05) is 47.1 Å². The Bertz CT molecular complexity index is 832. The number of hydrogen-bond donors (Lipinski definition) is 1. The maximum atomic E-state index is 11.9. The SMILES string of the molecule is O=C(CCCc1nc(-c2ccc(Cl)cc2)no1)NCCc1ccccc1. The predicted molar refractivity (Wildman–Crippen MR) is 101 cm³/mol. The Morgan fingerprint density at radius 1 is 1.04 bits per heavy atom. The standard InChI is InChI=1S/C20H20ClN3O2/c21-17-11-9-16(10-12-17)20-23-19(26-24-20)8-4-7-18(25)22-14-13-15-5-2-1-3-6-15/h1-3,5-6,9-12H,4,7-8,13-14H2,(H,22,25). The zero-order valence-corrected chi connectivity index (χ0v) is 15.1. The average molecular weight is 370 g/mol. The number of nitrogens with one attached hydrogen (secondary N) is 1. The van der Waals surface area contributed by atoms with Gasteiger partial charge >= 0.3 is 0 Å². The van der Waals surface area contributed by atoms with Crippen molar-refractivity contribution in [1.82, 2.24) is 15.5 Å². The van der Waals surface area contributed by atoms with Gasteiger partial charge in [-0.2, -0.15) is 4.98 Å². The van der Waals surface area contributed by atoms with Crippen LogP contribution in [0.2, 0.25) is 5.02 Å². The number of aromatic nitrogens is 2. The highest BCUT2D eigenvalue weighted by molar-refractivity contribution is 6.30. The highest BCUT2D eigenvalue weighted by atomic mass is 35.5. The van der Waals surface area contributed by atoms with Crippen LogP contribution in [-0.4, -0.2) is 22.6 Å². The minimum atomic E-state index is 0.0402. The molecule has 6 heteroatoms. The van der Waals surface area contributed by atoms with Crippen molar-refractivity contribution >= 4 is 17.5 Å². The van der Waals surface area contributed by atoms with Crippen molar-refractivity contribution in [3.63, 3.8) is 0 Å². The quantitative estimate of drug-likeness (QED) is 0.649. The molecule has 2 aromatic carbocycles. The first-order valence-electron chi connectivity index (χ1n) is 8.60. The van der Waals surface area contributed by atoms with Crippen LogP contribution >= 0.6 is 11.6 Å². The molecular weight excluding hydrogens is 350 g/mol. The van der Waals surface area contributed by atoms with Gasteiger partial charge in [0.2, 0.25) is 17.6 Å². The number of rotatable bonds is 8. The first-order chi connectivity index (χ1) is 12.7. The molecule has 0 saturated heterocycles. The molecule has 0 aliphatic heterocycles. The number of benzene rings is 2.